The predicted octanol–water partition coefficient (Wildman–Crippen LogP) is 3.93. The number of thiazole rings is 1. The molecule has 1 saturated carbocycles. The average molecular weight is 423 g/mol. The van der Waals surface area contributed by atoms with Gasteiger partial charge in [0.15, 0.2) is 5.01 Å². The van der Waals surface area contributed by atoms with E-state index in [1.165, 1.54) is 36.4 Å². The maximum absolute atomic E-state index is 12.8. The highest BCUT2D eigenvalue weighted by molar-refractivity contribution is 7.92. The SMILES string of the molecule is O=C(NC1CC1)c1cccc(S(=O)(=O)Nc2ccc3nc(C(F)F)sc3c2)c1. The molecule has 0 saturated heterocycles. The average Bonchev–Trinajstić information content (AvgIpc) is 3.36. The van der Waals surface area contributed by atoms with Crippen molar-refractivity contribution < 1.29 is 22.0 Å². The number of aromatic nitrogens is 1. The van der Waals surface area contributed by atoms with Gasteiger partial charge in [-0.25, -0.2) is 22.2 Å². The third kappa shape index (κ3) is 3.97. The third-order valence-corrected chi connectivity index (χ3v) is 6.57. The number of carbonyl (C=O) groups is 1. The number of nitrogens with zero attached hydrogens (tertiary/aromatic N) is 1. The minimum absolute atomic E-state index is 0.0615. The van der Waals surface area contributed by atoms with Gasteiger partial charge >= 0.3 is 0 Å². The van der Waals surface area contributed by atoms with Crippen LogP contribution < -0.4 is 10.0 Å². The van der Waals surface area contributed by atoms with E-state index in [-0.39, 0.29) is 33.1 Å². The van der Waals surface area contributed by atoms with Gasteiger partial charge in [-0.2, -0.15) is 0 Å². The molecule has 0 spiro atoms. The zero-order valence-electron chi connectivity index (χ0n) is 14.4. The molecule has 1 heterocycles. The van der Waals surface area contributed by atoms with Crippen LogP contribution in [0.3, 0.4) is 0 Å². The van der Waals surface area contributed by atoms with Crippen molar-refractivity contribution in [1.29, 1.82) is 0 Å². The standard InChI is InChI=1S/C18H15F2N3O3S2/c19-16(20)18-22-14-7-6-12(9-15(14)27-18)23-28(25,26)13-3-1-2-10(8-13)17(24)21-11-4-5-11/h1-3,6-9,11,16,23H,4-5H2,(H,21,24). The number of sulfonamides is 1. The van der Waals surface area contributed by atoms with Crippen molar-refractivity contribution in [2.75, 3.05) is 4.72 Å². The highest BCUT2D eigenvalue weighted by Crippen LogP contribution is 2.31. The summed E-state index contributed by atoms with van der Waals surface area (Å²) in [7, 11) is -3.95. The van der Waals surface area contributed by atoms with Crippen LogP contribution in [-0.4, -0.2) is 25.4 Å². The fourth-order valence-electron chi connectivity index (χ4n) is 2.61. The van der Waals surface area contributed by atoms with E-state index in [2.05, 4.69) is 15.0 Å². The number of amides is 1. The summed E-state index contributed by atoms with van der Waals surface area (Å²) < 4.78 is 53.8. The molecule has 146 valence electrons. The second-order valence-electron chi connectivity index (χ2n) is 6.42. The van der Waals surface area contributed by atoms with Crippen LogP contribution in [0.5, 0.6) is 0 Å². The van der Waals surface area contributed by atoms with E-state index < -0.39 is 16.4 Å². The number of hydrogen-bond donors (Lipinski definition) is 2. The van der Waals surface area contributed by atoms with Crippen LogP contribution in [0.25, 0.3) is 10.2 Å². The van der Waals surface area contributed by atoms with Crippen LogP contribution in [0.4, 0.5) is 14.5 Å². The van der Waals surface area contributed by atoms with Crippen LogP contribution in [0.1, 0.15) is 34.6 Å². The van der Waals surface area contributed by atoms with E-state index in [0.717, 1.165) is 24.2 Å². The van der Waals surface area contributed by atoms with Crippen LogP contribution >= 0.6 is 11.3 Å². The maximum Gasteiger partial charge on any atom is 0.289 e. The zero-order chi connectivity index (χ0) is 19.9. The van der Waals surface area contributed by atoms with Gasteiger partial charge in [0.1, 0.15) is 0 Å². The molecule has 6 nitrogen and oxygen atoms in total. The number of hydrogen-bond acceptors (Lipinski definition) is 5. The number of benzene rings is 2. The van der Waals surface area contributed by atoms with Gasteiger partial charge in [0.05, 0.1) is 20.8 Å². The van der Waals surface area contributed by atoms with Crippen molar-refractivity contribution in [3.05, 3.63) is 53.0 Å². The number of anilines is 1. The second-order valence-corrected chi connectivity index (χ2v) is 9.16. The molecule has 28 heavy (non-hydrogen) atoms. The van der Waals surface area contributed by atoms with Gasteiger partial charge in [0.2, 0.25) is 0 Å². The molecule has 10 heteroatoms. The lowest BCUT2D eigenvalue weighted by molar-refractivity contribution is 0.0951. The minimum atomic E-state index is -3.95. The highest BCUT2D eigenvalue weighted by Gasteiger charge is 2.24. The smallest absolute Gasteiger partial charge is 0.289 e. The Labute approximate surface area is 163 Å². The van der Waals surface area contributed by atoms with Gasteiger partial charge in [-0.1, -0.05) is 6.07 Å². The summed E-state index contributed by atoms with van der Waals surface area (Å²) in [6.07, 6.45) is -0.820. The molecule has 0 aliphatic heterocycles. The lowest BCUT2D eigenvalue weighted by atomic mass is 10.2. The van der Waals surface area contributed by atoms with E-state index in [0.29, 0.717) is 10.2 Å². The summed E-state index contributed by atoms with van der Waals surface area (Å²) in [5.74, 6) is -0.315. The van der Waals surface area contributed by atoms with Gasteiger partial charge in [-0.3, -0.25) is 9.52 Å². The Morgan fingerprint density at radius 3 is 2.68 bits per heavy atom. The molecule has 0 atom stereocenters. The van der Waals surface area contributed by atoms with Gasteiger partial charge in [0.25, 0.3) is 22.4 Å². The highest BCUT2D eigenvalue weighted by atomic mass is 32.2. The second kappa shape index (κ2) is 7.10. The van der Waals surface area contributed by atoms with E-state index >= 15 is 0 Å². The van der Waals surface area contributed by atoms with Crippen molar-refractivity contribution in [3.63, 3.8) is 0 Å². The van der Waals surface area contributed by atoms with Crippen molar-refractivity contribution in [1.82, 2.24) is 10.3 Å². The third-order valence-electron chi connectivity index (χ3n) is 4.16. The fraction of sp³-hybridized carbons (Fsp3) is 0.222. The lowest BCUT2D eigenvalue weighted by Crippen LogP contribution is -2.25. The van der Waals surface area contributed by atoms with Crippen molar-refractivity contribution in [2.24, 2.45) is 0 Å². The number of fused-ring (bicyclic) bond motifs is 1. The van der Waals surface area contributed by atoms with Gasteiger partial charge < -0.3 is 5.32 Å². The molecule has 0 bridgehead atoms. The summed E-state index contributed by atoms with van der Waals surface area (Å²) in [6.45, 7) is 0. The Morgan fingerprint density at radius 1 is 1.18 bits per heavy atom. The summed E-state index contributed by atoms with van der Waals surface area (Å²) in [6, 6.07) is 10.3. The Morgan fingerprint density at radius 2 is 1.96 bits per heavy atom. The van der Waals surface area contributed by atoms with Gasteiger partial charge in [-0.15, -0.1) is 11.3 Å². The van der Waals surface area contributed by atoms with E-state index in [4.69, 9.17) is 0 Å². The molecule has 1 aliphatic carbocycles. The number of carbonyl (C=O) groups excluding carboxylic acids is 1. The lowest BCUT2D eigenvalue weighted by Gasteiger charge is -2.10. The van der Waals surface area contributed by atoms with E-state index in [9.17, 15) is 22.0 Å². The molecule has 1 aromatic heterocycles. The summed E-state index contributed by atoms with van der Waals surface area (Å²) >= 11 is 0.810. The Kier molecular flexibility index (Phi) is 4.76. The Hall–Kier alpha value is -2.59. The monoisotopic (exact) mass is 423 g/mol. The molecular formula is C18H15F2N3O3S2. The summed E-state index contributed by atoms with van der Waals surface area (Å²) in [5.41, 5.74) is 0.862. The molecule has 2 aromatic carbocycles. The number of alkyl halides is 2. The molecule has 1 aliphatic rings. The Balaban J connectivity index is 1.58. The first-order valence-electron chi connectivity index (χ1n) is 8.44. The number of rotatable bonds is 6. The van der Waals surface area contributed by atoms with Crippen LogP contribution in [0.2, 0.25) is 0 Å². The first-order valence-corrected chi connectivity index (χ1v) is 10.7. The molecule has 1 fully saturated rings. The molecule has 3 aromatic rings. The number of halogens is 2. The molecule has 0 unspecified atom stereocenters. The summed E-state index contributed by atoms with van der Waals surface area (Å²) in [4.78, 5) is 15.9. The maximum atomic E-state index is 12.8. The quantitative estimate of drug-likeness (QED) is 0.629. The fourth-order valence-corrected chi connectivity index (χ4v) is 4.57. The normalized spacial score (nSPS) is 14.4. The van der Waals surface area contributed by atoms with Crippen molar-refractivity contribution in [3.8, 4) is 0 Å². The first kappa shape index (κ1) is 18.8. The van der Waals surface area contributed by atoms with E-state index in [1.807, 2.05) is 0 Å². The topological polar surface area (TPSA) is 88.2 Å². The van der Waals surface area contributed by atoms with Crippen LogP contribution in [-0.2, 0) is 10.0 Å². The van der Waals surface area contributed by atoms with E-state index in [1.54, 1.807) is 6.07 Å². The molecular weight excluding hydrogens is 408 g/mol. The minimum Gasteiger partial charge on any atom is -0.349 e. The van der Waals surface area contributed by atoms with Crippen LogP contribution in [0.15, 0.2) is 47.4 Å². The zero-order valence-corrected chi connectivity index (χ0v) is 16.0. The van der Waals surface area contributed by atoms with Crippen LogP contribution in [0, 0.1) is 0 Å². The Bertz CT molecular complexity index is 1160. The predicted molar refractivity (Wildman–Crippen MR) is 102 cm³/mol. The van der Waals surface area contributed by atoms with Gasteiger partial charge in [-0.05, 0) is 49.2 Å². The molecule has 0 radical (unpaired) electrons. The number of nitrogens with one attached hydrogen (secondary N) is 2. The van der Waals surface area contributed by atoms with Crippen molar-refractivity contribution >= 4 is 43.2 Å². The van der Waals surface area contributed by atoms with Crippen molar-refractivity contribution in [2.45, 2.75) is 30.2 Å². The van der Waals surface area contributed by atoms with Gasteiger partial charge in [0, 0.05) is 11.6 Å². The first-order chi connectivity index (χ1) is 13.3. The molecule has 1 amide bonds. The molecule has 4 rings (SSSR count). The molecule has 2 N–H and O–H groups in total. The summed E-state index contributed by atoms with van der Waals surface area (Å²) in [5, 5.41) is 2.49. The largest absolute Gasteiger partial charge is 0.349 e.